The smallest absolute Gasteiger partial charge is 0.0496 e. The molecule has 2 heterocycles. The molecule has 0 bridgehead atoms. The zero-order valence-electron chi connectivity index (χ0n) is 14.9. The maximum Gasteiger partial charge on any atom is 0.0496 e. The molecule has 0 spiro atoms. The molecule has 6 aromatic rings. The molecule has 0 atom stereocenters. The van der Waals surface area contributed by atoms with Crippen LogP contribution in [0.2, 0.25) is 0 Å². The molecule has 2 heteroatoms. The molecule has 0 unspecified atom stereocenters. The number of aryl methyl sites for hydroxylation is 1. The summed E-state index contributed by atoms with van der Waals surface area (Å²) in [7, 11) is 2.17. The van der Waals surface area contributed by atoms with Crippen LogP contribution < -0.4 is 0 Å². The third-order valence-electron chi connectivity index (χ3n) is 5.62. The van der Waals surface area contributed by atoms with Crippen molar-refractivity contribution in [1.82, 2.24) is 4.57 Å². The standard InChI is InChI=1S/C25H17NS/c1-26-20-10-6-5-9-18(20)24-21(26)13-14-22-25(24)19-12-11-17(15-23(19)27-22)16-7-3-2-4-8-16/h2-15H,1H3. The van der Waals surface area contributed by atoms with E-state index in [4.69, 9.17) is 0 Å². The highest BCUT2D eigenvalue weighted by molar-refractivity contribution is 7.26. The van der Waals surface area contributed by atoms with Gasteiger partial charge in [0.15, 0.2) is 0 Å². The fourth-order valence-corrected chi connectivity index (χ4v) is 5.48. The first-order valence-corrected chi connectivity index (χ1v) is 10.0. The van der Waals surface area contributed by atoms with Crippen LogP contribution in [0, 0.1) is 0 Å². The zero-order valence-corrected chi connectivity index (χ0v) is 15.8. The monoisotopic (exact) mass is 363 g/mol. The van der Waals surface area contributed by atoms with Gasteiger partial charge in [-0.25, -0.2) is 0 Å². The Labute approximate surface area is 161 Å². The third kappa shape index (κ3) is 2.05. The molecule has 4 aromatic carbocycles. The van der Waals surface area contributed by atoms with Gasteiger partial charge in [0.1, 0.15) is 0 Å². The predicted molar refractivity (Wildman–Crippen MR) is 119 cm³/mol. The van der Waals surface area contributed by atoms with Crippen LogP contribution in [0.15, 0.2) is 84.9 Å². The molecule has 0 aliphatic heterocycles. The lowest BCUT2D eigenvalue weighted by atomic mass is 10.0. The molecule has 128 valence electrons. The van der Waals surface area contributed by atoms with E-state index in [0.29, 0.717) is 0 Å². The number of hydrogen-bond acceptors (Lipinski definition) is 1. The Morgan fingerprint density at radius 1 is 0.593 bits per heavy atom. The number of aromatic nitrogens is 1. The Morgan fingerprint density at radius 2 is 1.41 bits per heavy atom. The number of hydrogen-bond donors (Lipinski definition) is 0. The normalized spacial score (nSPS) is 11.9. The van der Waals surface area contributed by atoms with E-state index in [-0.39, 0.29) is 0 Å². The van der Waals surface area contributed by atoms with E-state index >= 15 is 0 Å². The molecule has 27 heavy (non-hydrogen) atoms. The van der Waals surface area contributed by atoms with Gasteiger partial charge in [-0.1, -0.05) is 60.7 Å². The van der Waals surface area contributed by atoms with Crippen LogP contribution in [0.4, 0.5) is 0 Å². The quantitative estimate of drug-likeness (QED) is 0.287. The van der Waals surface area contributed by atoms with Gasteiger partial charge in [-0.05, 0) is 35.4 Å². The van der Waals surface area contributed by atoms with Crippen molar-refractivity contribution in [1.29, 1.82) is 0 Å². The highest BCUT2D eigenvalue weighted by Crippen LogP contribution is 2.43. The molecule has 0 fully saturated rings. The van der Waals surface area contributed by atoms with E-state index in [1.165, 1.54) is 53.1 Å². The summed E-state index contributed by atoms with van der Waals surface area (Å²) in [5.74, 6) is 0. The summed E-state index contributed by atoms with van der Waals surface area (Å²) in [6.07, 6.45) is 0. The second kappa shape index (κ2) is 5.45. The zero-order chi connectivity index (χ0) is 18.0. The van der Waals surface area contributed by atoms with E-state index in [2.05, 4.69) is 96.5 Å². The summed E-state index contributed by atoms with van der Waals surface area (Å²) in [6.45, 7) is 0. The van der Waals surface area contributed by atoms with Crippen LogP contribution >= 0.6 is 11.3 Å². The van der Waals surface area contributed by atoms with E-state index in [1.54, 1.807) is 0 Å². The first-order valence-electron chi connectivity index (χ1n) is 9.19. The summed E-state index contributed by atoms with van der Waals surface area (Å²) in [4.78, 5) is 0. The predicted octanol–water partition coefficient (Wildman–Crippen LogP) is 7.37. The maximum atomic E-state index is 2.34. The van der Waals surface area contributed by atoms with Gasteiger partial charge in [-0.15, -0.1) is 11.3 Å². The van der Waals surface area contributed by atoms with Gasteiger partial charge in [0, 0.05) is 49.0 Å². The van der Waals surface area contributed by atoms with Crippen LogP contribution in [-0.4, -0.2) is 4.57 Å². The Bertz CT molecular complexity index is 1470. The van der Waals surface area contributed by atoms with Gasteiger partial charge in [-0.3, -0.25) is 0 Å². The lowest BCUT2D eigenvalue weighted by Gasteiger charge is -2.02. The molecule has 6 rings (SSSR count). The van der Waals surface area contributed by atoms with Gasteiger partial charge in [-0.2, -0.15) is 0 Å². The van der Waals surface area contributed by atoms with Crippen LogP contribution in [-0.2, 0) is 7.05 Å². The number of fused-ring (bicyclic) bond motifs is 7. The van der Waals surface area contributed by atoms with Crippen molar-refractivity contribution in [3.63, 3.8) is 0 Å². The van der Waals surface area contributed by atoms with E-state index in [0.717, 1.165) is 0 Å². The van der Waals surface area contributed by atoms with Crippen molar-refractivity contribution in [3.05, 3.63) is 84.9 Å². The average Bonchev–Trinajstić information content (AvgIpc) is 3.24. The molecule has 2 aromatic heterocycles. The first kappa shape index (κ1) is 15.0. The average molecular weight is 363 g/mol. The van der Waals surface area contributed by atoms with Crippen LogP contribution in [0.1, 0.15) is 0 Å². The van der Waals surface area contributed by atoms with Gasteiger partial charge >= 0.3 is 0 Å². The van der Waals surface area contributed by atoms with Crippen molar-refractivity contribution in [2.45, 2.75) is 0 Å². The van der Waals surface area contributed by atoms with Crippen LogP contribution in [0.3, 0.4) is 0 Å². The minimum Gasteiger partial charge on any atom is -0.344 e. The number of rotatable bonds is 1. The summed E-state index contributed by atoms with van der Waals surface area (Å²) >= 11 is 1.89. The fourth-order valence-electron chi connectivity index (χ4n) is 4.33. The lowest BCUT2D eigenvalue weighted by molar-refractivity contribution is 1.01. The van der Waals surface area contributed by atoms with Gasteiger partial charge < -0.3 is 4.57 Å². The molecule has 0 N–H and O–H groups in total. The second-order valence-electron chi connectivity index (χ2n) is 7.09. The molecule has 0 radical (unpaired) electrons. The van der Waals surface area contributed by atoms with Crippen molar-refractivity contribution in [2.24, 2.45) is 7.05 Å². The molecule has 0 saturated carbocycles. The van der Waals surface area contributed by atoms with Gasteiger partial charge in [0.05, 0.1) is 0 Å². The Kier molecular flexibility index (Phi) is 3.03. The highest BCUT2D eigenvalue weighted by atomic mass is 32.1. The lowest BCUT2D eigenvalue weighted by Crippen LogP contribution is -1.85. The van der Waals surface area contributed by atoms with Crippen molar-refractivity contribution in [3.8, 4) is 11.1 Å². The Morgan fingerprint density at radius 3 is 2.30 bits per heavy atom. The Hall–Kier alpha value is -3.10. The number of benzene rings is 4. The summed E-state index contributed by atoms with van der Waals surface area (Å²) in [5.41, 5.74) is 5.15. The highest BCUT2D eigenvalue weighted by Gasteiger charge is 2.15. The SMILES string of the molecule is Cn1c2ccccc2c2c3c(ccc21)sc1cc(-c2ccccc2)ccc13. The van der Waals surface area contributed by atoms with Gasteiger partial charge in [0.2, 0.25) is 0 Å². The Balaban J connectivity index is 1.75. The minimum absolute atomic E-state index is 1.27. The first-order chi connectivity index (χ1) is 13.3. The maximum absolute atomic E-state index is 2.34. The summed E-state index contributed by atoms with van der Waals surface area (Å²) in [6, 6.07) is 30.8. The number of para-hydroxylation sites is 1. The molecule has 0 amide bonds. The van der Waals surface area contributed by atoms with Gasteiger partial charge in [0.25, 0.3) is 0 Å². The fraction of sp³-hybridized carbons (Fsp3) is 0.0400. The third-order valence-corrected chi connectivity index (χ3v) is 6.74. The van der Waals surface area contributed by atoms with E-state index < -0.39 is 0 Å². The van der Waals surface area contributed by atoms with Crippen LogP contribution in [0.5, 0.6) is 0 Å². The summed E-state index contributed by atoms with van der Waals surface area (Å²) in [5, 5.41) is 5.47. The van der Waals surface area contributed by atoms with Crippen molar-refractivity contribution in [2.75, 3.05) is 0 Å². The summed E-state index contributed by atoms with van der Waals surface area (Å²) < 4.78 is 5.03. The van der Waals surface area contributed by atoms with Crippen LogP contribution in [0.25, 0.3) is 53.1 Å². The molecule has 1 nitrogen and oxygen atoms in total. The molecule has 0 aliphatic carbocycles. The largest absolute Gasteiger partial charge is 0.344 e. The topological polar surface area (TPSA) is 4.93 Å². The molecular formula is C25H17NS. The van der Waals surface area contributed by atoms with Crippen molar-refractivity contribution < 1.29 is 0 Å². The number of nitrogens with zero attached hydrogens (tertiary/aromatic N) is 1. The minimum atomic E-state index is 1.27. The van der Waals surface area contributed by atoms with Crippen molar-refractivity contribution >= 4 is 53.3 Å². The van der Waals surface area contributed by atoms with E-state index in [1.807, 2.05) is 11.3 Å². The second-order valence-corrected chi connectivity index (χ2v) is 8.17. The molecule has 0 aliphatic rings. The molecule has 0 saturated heterocycles. The number of thiophene rings is 1. The van der Waals surface area contributed by atoms with E-state index in [9.17, 15) is 0 Å². The molecular weight excluding hydrogens is 346 g/mol.